The van der Waals surface area contributed by atoms with E-state index in [4.69, 9.17) is 5.11 Å². The molecule has 0 saturated carbocycles. The highest BCUT2D eigenvalue weighted by Crippen LogP contribution is 2.23. The third-order valence-corrected chi connectivity index (χ3v) is 1.41. The van der Waals surface area contributed by atoms with Gasteiger partial charge >= 0.3 is 6.61 Å². The van der Waals surface area contributed by atoms with Crippen molar-refractivity contribution in [2.75, 3.05) is 0 Å². The van der Waals surface area contributed by atoms with E-state index in [1.54, 1.807) is 0 Å². The molecule has 0 aliphatic heterocycles. The number of rotatable bonds is 3. The molecule has 0 radical (unpaired) electrons. The van der Waals surface area contributed by atoms with Gasteiger partial charge in [0.05, 0.1) is 6.10 Å². The van der Waals surface area contributed by atoms with Crippen molar-refractivity contribution in [1.29, 1.82) is 0 Å². The molecule has 1 N–H and O–H groups in total. The van der Waals surface area contributed by atoms with Gasteiger partial charge in [0.15, 0.2) is 0 Å². The number of nitrogens with zero attached hydrogens (tertiary/aromatic N) is 1. The Balaban J connectivity index is 2.91. The monoisotopic (exact) mass is 189 g/mol. The number of alkyl halides is 2. The second-order valence-corrected chi connectivity index (χ2v) is 2.44. The third kappa shape index (κ3) is 2.62. The maximum Gasteiger partial charge on any atom is 0.387 e. The standard InChI is InChI=1S/C8H9F2NO2/c1-5(12)7-6(13-8(9)10)3-2-4-11-7/h2-5,8,12H,1H3. The van der Waals surface area contributed by atoms with Crippen LogP contribution in [0.1, 0.15) is 18.7 Å². The van der Waals surface area contributed by atoms with Gasteiger partial charge in [0.2, 0.25) is 0 Å². The topological polar surface area (TPSA) is 42.4 Å². The van der Waals surface area contributed by atoms with E-state index >= 15 is 0 Å². The van der Waals surface area contributed by atoms with Crippen LogP contribution in [-0.4, -0.2) is 16.7 Å². The molecule has 1 aromatic heterocycles. The summed E-state index contributed by atoms with van der Waals surface area (Å²) in [6, 6.07) is 2.80. The molecule has 0 bridgehead atoms. The summed E-state index contributed by atoms with van der Waals surface area (Å²) < 4.78 is 27.8. The van der Waals surface area contributed by atoms with Crippen molar-refractivity contribution in [3.05, 3.63) is 24.0 Å². The molecule has 0 aliphatic rings. The van der Waals surface area contributed by atoms with Crippen LogP contribution in [0.2, 0.25) is 0 Å². The first-order valence-corrected chi connectivity index (χ1v) is 3.69. The predicted molar refractivity (Wildman–Crippen MR) is 41.5 cm³/mol. The van der Waals surface area contributed by atoms with Crippen LogP contribution in [0.15, 0.2) is 18.3 Å². The fourth-order valence-electron chi connectivity index (χ4n) is 0.912. The zero-order chi connectivity index (χ0) is 9.84. The van der Waals surface area contributed by atoms with E-state index in [1.165, 1.54) is 25.3 Å². The van der Waals surface area contributed by atoms with Gasteiger partial charge in [-0.2, -0.15) is 8.78 Å². The molecule has 3 nitrogen and oxygen atoms in total. The number of aliphatic hydroxyl groups excluding tert-OH is 1. The van der Waals surface area contributed by atoms with E-state index in [0.29, 0.717) is 0 Å². The minimum absolute atomic E-state index is 0.0903. The lowest BCUT2D eigenvalue weighted by atomic mass is 10.2. The summed E-state index contributed by atoms with van der Waals surface area (Å²) in [5.74, 6) is -0.0903. The zero-order valence-electron chi connectivity index (χ0n) is 6.95. The van der Waals surface area contributed by atoms with E-state index in [1.807, 2.05) is 0 Å². The normalized spacial score (nSPS) is 13.0. The van der Waals surface area contributed by atoms with Crippen molar-refractivity contribution in [2.45, 2.75) is 19.6 Å². The first-order chi connectivity index (χ1) is 6.11. The Hall–Kier alpha value is -1.23. The van der Waals surface area contributed by atoms with Crippen LogP contribution in [0, 0.1) is 0 Å². The van der Waals surface area contributed by atoms with Crippen LogP contribution >= 0.6 is 0 Å². The van der Waals surface area contributed by atoms with Crippen molar-refractivity contribution in [3.8, 4) is 5.75 Å². The summed E-state index contributed by atoms with van der Waals surface area (Å²) in [6.45, 7) is -1.47. The van der Waals surface area contributed by atoms with Gasteiger partial charge in [-0.05, 0) is 19.1 Å². The summed E-state index contributed by atoms with van der Waals surface area (Å²) in [5, 5.41) is 9.13. The summed E-state index contributed by atoms with van der Waals surface area (Å²) in [5.41, 5.74) is 0.114. The van der Waals surface area contributed by atoms with Gasteiger partial charge in [0.1, 0.15) is 11.4 Å². The van der Waals surface area contributed by atoms with Crippen LogP contribution in [0.25, 0.3) is 0 Å². The third-order valence-electron chi connectivity index (χ3n) is 1.41. The highest BCUT2D eigenvalue weighted by atomic mass is 19.3. The van der Waals surface area contributed by atoms with Crippen molar-refractivity contribution in [3.63, 3.8) is 0 Å². The molecule has 1 heterocycles. The van der Waals surface area contributed by atoms with Crippen molar-refractivity contribution >= 4 is 0 Å². The average molecular weight is 189 g/mol. The fourth-order valence-corrected chi connectivity index (χ4v) is 0.912. The number of aliphatic hydroxyl groups is 1. The predicted octanol–water partition coefficient (Wildman–Crippen LogP) is 1.74. The highest BCUT2D eigenvalue weighted by Gasteiger charge is 2.13. The molecule has 0 spiro atoms. The minimum atomic E-state index is -2.90. The Labute approximate surface area is 74.0 Å². The van der Waals surface area contributed by atoms with E-state index in [-0.39, 0.29) is 11.4 Å². The maximum absolute atomic E-state index is 11.8. The van der Waals surface area contributed by atoms with Crippen LogP contribution in [-0.2, 0) is 0 Å². The molecule has 1 atom stereocenters. The molecule has 1 aromatic rings. The summed E-state index contributed by atoms with van der Waals surface area (Å²) in [4.78, 5) is 3.72. The molecular formula is C8H9F2NO2. The molecule has 72 valence electrons. The van der Waals surface area contributed by atoms with E-state index in [2.05, 4.69) is 9.72 Å². The van der Waals surface area contributed by atoms with Gasteiger partial charge in [0, 0.05) is 6.20 Å². The van der Waals surface area contributed by atoms with Crippen LogP contribution in [0.4, 0.5) is 8.78 Å². The molecule has 5 heteroatoms. The van der Waals surface area contributed by atoms with Gasteiger partial charge < -0.3 is 9.84 Å². The highest BCUT2D eigenvalue weighted by molar-refractivity contribution is 5.28. The zero-order valence-corrected chi connectivity index (χ0v) is 6.95. The lowest BCUT2D eigenvalue weighted by molar-refractivity contribution is -0.0518. The van der Waals surface area contributed by atoms with Crippen LogP contribution in [0.3, 0.4) is 0 Å². The summed E-state index contributed by atoms with van der Waals surface area (Å²) in [6.07, 6.45) is 0.482. The van der Waals surface area contributed by atoms with E-state index < -0.39 is 12.7 Å². The average Bonchev–Trinajstić information content (AvgIpc) is 2.03. The van der Waals surface area contributed by atoms with Crippen molar-refractivity contribution in [1.82, 2.24) is 4.98 Å². The Morgan fingerprint density at radius 3 is 2.77 bits per heavy atom. The summed E-state index contributed by atoms with van der Waals surface area (Å²) >= 11 is 0. The van der Waals surface area contributed by atoms with Gasteiger partial charge in [-0.1, -0.05) is 0 Å². The number of ether oxygens (including phenoxy) is 1. The van der Waals surface area contributed by atoms with E-state index in [0.717, 1.165) is 0 Å². The summed E-state index contributed by atoms with van der Waals surface area (Å²) in [7, 11) is 0. The molecule has 0 saturated heterocycles. The number of halogens is 2. The fraction of sp³-hybridized carbons (Fsp3) is 0.375. The van der Waals surface area contributed by atoms with Crippen LogP contribution in [0.5, 0.6) is 5.75 Å². The second kappa shape index (κ2) is 4.13. The molecule has 0 fully saturated rings. The van der Waals surface area contributed by atoms with Gasteiger partial charge in [-0.25, -0.2) is 0 Å². The molecule has 1 unspecified atom stereocenters. The molecule has 0 aromatic carbocycles. The van der Waals surface area contributed by atoms with E-state index in [9.17, 15) is 8.78 Å². The Morgan fingerprint density at radius 2 is 2.23 bits per heavy atom. The van der Waals surface area contributed by atoms with Gasteiger partial charge in [0.25, 0.3) is 0 Å². The lowest BCUT2D eigenvalue weighted by Crippen LogP contribution is -2.07. The molecular weight excluding hydrogens is 180 g/mol. The molecule has 1 rings (SSSR count). The Morgan fingerprint density at radius 1 is 1.54 bits per heavy atom. The number of hydrogen-bond acceptors (Lipinski definition) is 3. The van der Waals surface area contributed by atoms with Gasteiger partial charge in [-0.3, -0.25) is 4.98 Å². The molecule has 0 amide bonds. The van der Waals surface area contributed by atoms with Crippen molar-refractivity contribution in [2.24, 2.45) is 0 Å². The van der Waals surface area contributed by atoms with Gasteiger partial charge in [-0.15, -0.1) is 0 Å². The smallest absolute Gasteiger partial charge is 0.387 e. The SMILES string of the molecule is CC(O)c1ncccc1OC(F)F. The Bertz CT molecular complexity index is 279. The Kier molecular flexibility index (Phi) is 3.13. The van der Waals surface area contributed by atoms with Crippen LogP contribution < -0.4 is 4.74 Å². The second-order valence-electron chi connectivity index (χ2n) is 2.44. The molecule has 0 aliphatic carbocycles. The lowest BCUT2D eigenvalue weighted by Gasteiger charge is -2.10. The first kappa shape index (κ1) is 9.85. The largest absolute Gasteiger partial charge is 0.433 e. The minimum Gasteiger partial charge on any atom is -0.433 e. The first-order valence-electron chi connectivity index (χ1n) is 3.69. The quantitative estimate of drug-likeness (QED) is 0.787. The van der Waals surface area contributed by atoms with Crippen molar-refractivity contribution < 1.29 is 18.6 Å². The molecule has 13 heavy (non-hydrogen) atoms. The number of hydrogen-bond donors (Lipinski definition) is 1. The number of aromatic nitrogens is 1. The maximum atomic E-state index is 11.8. The number of pyridine rings is 1.